The van der Waals surface area contributed by atoms with Gasteiger partial charge in [-0.25, -0.2) is 0 Å². The van der Waals surface area contributed by atoms with E-state index in [1.165, 1.54) is 5.56 Å². The molecule has 2 aromatic rings. The van der Waals surface area contributed by atoms with Crippen LogP contribution in [-0.4, -0.2) is 54.3 Å². The molecule has 0 aliphatic heterocycles. The van der Waals surface area contributed by atoms with E-state index >= 15 is 0 Å². The molecule has 5 nitrogen and oxygen atoms in total. The molecule has 0 unspecified atom stereocenters. The lowest BCUT2D eigenvalue weighted by atomic mass is 9.75. The van der Waals surface area contributed by atoms with Crippen LogP contribution in [0.1, 0.15) is 49.7 Å². The van der Waals surface area contributed by atoms with E-state index < -0.39 is 0 Å². The van der Waals surface area contributed by atoms with Crippen LogP contribution >= 0.6 is 11.6 Å². The first-order valence-corrected chi connectivity index (χ1v) is 12.1. The second-order valence-corrected chi connectivity index (χ2v) is 9.94. The highest BCUT2D eigenvalue weighted by Crippen LogP contribution is 2.36. The van der Waals surface area contributed by atoms with Gasteiger partial charge in [-0.3, -0.25) is 9.59 Å². The van der Waals surface area contributed by atoms with Crippen LogP contribution in [0.2, 0.25) is 5.02 Å². The Hall–Kier alpha value is -2.37. The number of carbonyl (C=O) groups excluding carboxylic acids is 2. The third kappa shape index (κ3) is 7.31. The van der Waals surface area contributed by atoms with E-state index in [9.17, 15) is 9.59 Å². The summed E-state index contributed by atoms with van der Waals surface area (Å²) in [6, 6.07) is 18.2. The van der Waals surface area contributed by atoms with Crippen LogP contribution in [0.5, 0.6) is 0 Å². The molecule has 0 spiro atoms. The van der Waals surface area contributed by atoms with Crippen molar-refractivity contribution >= 4 is 23.4 Å². The highest BCUT2D eigenvalue weighted by atomic mass is 35.5. The van der Waals surface area contributed by atoms with Gasteiger partial charge in [-0.15, -0.1) is 0 Å². The standard InChI is InChI=1S/C27H36ClN3O2/c1-30(2)27(19-22-10-7-11-23(28)18-22)16-14-24(15-17-27)29-25(32)12-13-26(33)31(3)20-21-8-5-4-6-9-21/h4-11,18,24H,12-17,19-20H2,1-3H3,(H,29,32). The Kier molecular flexibility index (Phi) is 8.93. The van der Waals surface area contributed by atoms with Crippen LogP contribution in [0.3, 0.4) is 0 Å². The van der Waals surface area contributed by atoms with Gasteiger partial charge >= 0.3 is 0 Å². The van der Waals surface area contributed by atoms with Gasteiger partial charge in [0.15, 0.2) is 0 Å². The number of amides is 2. The molecular formula is C27H36ClN3O2. The summed E-state index contributed by atoms with van der Waals surface area (Å²) in [4.78, 5) is 29.0. The molecule has 6 heteroatoms. The van der Waals surface area contributed by atoms with Crippen molar-refractivity contribution in [2.45, 2.75) is 63.1 Å². The molecule has 0 aromatic heterocycles. The molecule has 2 aromatic carbocycles. The minimum atomic E-state index is -0.0337. The number of hydrogen-bond donors (Lipinski definition) is 1. The third-order valence-corrected chi connectivity index (χ3v) is 7.14. The van der Waals surface area contributed by atoms with Crippen LogP contribution in [0.25, 0.3) is 0 Å². The number of carbonyl (C=O) groups is 2. The molecule has 0 saturated heterocycles. The average molecular weight is 470 g/mol. The number of benzene rings is 2. The SMILES string of the molecule is CN(Cc1ccccc1)C(=O)CCC(=O)NC1CCC(Cc2cccc(Cl)c2)(N(C)C)CC1. The first kappa shape index (κ1) is 25.3. The lowest BCUT2D eigenvalue weighted by Gasteiger charge is -2.45. The zero-order valence-electron chi connectivity index (χ0n) is 20.0. The molecule has 33 heavy (non-hydrogen) atoms. The molecule has 1 aliphatic rings. The van der Waals surface area contributed by atoms with Crippen LogP contribution in [0.4, 0.5) is 0 Å². The Balaban J connectivity index is 1.44. The highest BCUT2D eigenvalue weighted by molar-refractivity contribution is 6.30. The van der Waals surface area contributed by atoms with Gasteiger partial charge in [0, 0.05) is 43.0 Å². The number of halogens is 1. The van der Waals surface area contributed by atoms with Gasteiger partial charge in [-0.2, -0.15) is 0 Å². The Labute approximate surface area is 203 Å². The van der Waals surface area contributed by atoms with Gasteiger partial charge in [-0.1, -0.05) is 54.1 Å². The number of nitrogens with zero attached hydrogens (tertiary/aromatic N) is 2. The van der Waals surface area contributed by atoms with Crippen LogP contribution in [0.15, 0.2) is 54.6 Å². The van der Waals surface area contributed by atoms with E-state index in [0.29, 0.717) is 6.54 Å². The first-order chi connectivity index (χ1) is 15.8. The maximum atomic E-state index is 12.5. The second kappa shape index (κ2) is 11.7. The summed E-state index contributed by atoms with van der Waals surface area (Å²) in [7, 11) is 6.07. The fourth-order valence-corrected chi connectivity index (χ4v) is 4.98. The van der Waals surface area contributed by atoms with E-state index in [-0.39, 0.29) is 36.2 Å². The average Bonchev–Trinajstić information content (AvgIpc) is 2.79. The third-order valence-electron chi connectivity index (χ3n) is 6.91. The van der Waals surface area contributed by atoms with Crippen LogP contribution < -0.4 is 5.32 Å². The fourth-order valence-electron chi connectivity index (χ4n) is 4.77. The van der Waals surface area contributed by atoms with Crippen molar-refractivity contribution in [3.05, 3.63) is 70.7 Å². The zero-order valence-corrected chi connectivity index (χ0v) is 20.8. The number of likely N-dealkylation sites (N-methyl/N-ethyl adjacent to an activating group) is 1. The van der Waals surface area contributed by atoms with E-state index in [1.807, 2.05) is 48.5 Å². The summed E-state index contributed by atoms with van der Waals surface area (Å²) >= 11 is 6.19. The van der Waals surface area contributed by atoms with Gasteiger partial charge in [0.25, 0.3) is 0 Å². The maximum absolute atomic E-state index is 12.5. The molecule has 0 heterocycles. The topological polar surface area (TPSA) is 52.7 Å². The van der Waals surface area contributed by atoms with Crippen molar-refractivity contribution in [2.75, 3.05) is 21.1 Å². The lowest BCUT2D eigenvalue weighted by molar-refractivity contribution is -0.133. The molecule has 1 N–H and O–H groups in total. The Morgan fingerprint density at radius 3 is 2.27 bits per heavy atom. The molecular weight excluding hydrogens is 434 g/mol. The second-order valence-electron chi connectivity index (χ2n) is 9.50. The summed E-state index contributed by atoms with van der Waals surface area (Å²) in [5, 5.41) is 3.93. The molecule has 3 rings (SSSR count). The fraction of sp³-hybridized carbons (Fsp3) is 0.481. The molecule has 0 bridgehead atoms. The van der Waals surface area contributed by atoms with Crippen molar-refractivity contribution in [1.29, 1.82) is 0 Å². The van der Waals surface area contributed by atoms with Gasteiger partial charge in [0.1, 0.15) is 0 Å². The van der Waals surface area contributed by atoms with Gasteiger partial charge in [0.2, 0.25) is 11.8 Å². The van der Waals surface area contributed by atoms with Crippen LogP contribution in [-0.2, 0) is 22.6 Å². The van der Waals surface area contributed by atoms with Crippen molar-refractivity contribution in [3.63, 3.8) is 0 Å². The van der Waals surface area contributed by atoms with E-state index in [1.54, 1.807) is 11.9 Å². The van der Waals surface area contributed by atoms with Crippen LogP contribution in [0, 0.1) is 0 Å². The van der Waals surface area contributed by atoms with E-state index in [2.05, 4.69) is 30.4 Å². The summed E-state index contributed by atoms with van der Waals surface area (Å²) < 4.78 is 0. The number of rotatable bonds is 9. The van der Waals surface area contributed by atoms with Gasteiger partial charge in [-0.05, 0) is 69.5 Å². The largest absolute Gasteiger partial charge is 0.353 e. The quantitative estimate of drug-likeness (QED) is 0.580. The number of hydrogen-bond acceptors (Lipinski definition) is 3. The summed E-state index contributed by atoms with van der Waals surface area (Å²) in [6.45, 7) is 0.559. The Morgan fingerprint density at radius 2 is 1.64 bits per heavy atom. The Bertz CT molecular complexity index is 924. The first-order valence-electron chi connectivity index (χ1n) is 11.8. The monoisotopic (exact) mass is 469 g/mol. The molecule has 178 valence electrons. The predicted octanol–water partition coefficient (Wildman–Crippen LogP) is 4.68. The molecule has 1 fully saturated rings. The van der Waals surface area contributed by atoms with Crippen molar-refractivity contribution in [2.24, 2.45) is 0 Å². The van der Waals surface area contributed by atoms with Crippen molar-refractivity contribution < 1.29 is 9.59 Å². The smallest absolute Gasteiger partial charge is 0.223 e. The molecule has 1 saturated carbocycles. The lowest BCUT2D eigenvalue weighted by Crippen LogP contribution is -2.52. The maximum Gasteiger partial charge on any atom is 0.223 e. The highest BCUT2D eigenvalue weighted by Gasteiger charge is 2.37. The minimum Gasteiger partial charge on any atom is -0.353 e. The Morgan fingerprint density at radius 1 is 0.970 bits per heavy atom. The predicted molar refractivity (Wildman–Crippen MR) is 134 cm³/mol. The van der Waals surface area contributed by atoms with Gasteiger partial charge < -0.3 is 15.1 Å². The molecule has 2 amide bonds. The molecule has 1 aliphatic carbocycles. The molecule has 0 radical (unpaired) electrons. The minimum absolute atomic E-state index is 0.00852. The van der Waals surface area contributed by atoms with E-state index in [0.717, 1.165) is 42.7 Å². The summed E-state index contributed by atoms with van der Waals surface area (Å²) in [5.74, 6) is -0.0422. The number of nitrogens with one attached hydrogen (secondary N) is 1. The zero-order chi connectivity index (χ0) is 23.8. The summed E-state index contributed by atoms with van der Waals surface area (Å²) in [5.41, 5.74) is 2.40. The normalized spacial score (nSPS) is 20.5. The van der Waals surface area contributed by atoms with Crippen molar-refractivity contribution in [1.82, 2.24) is 15.1 Å². The molecule has 0 atom stereocenters. The summed E-state index contributed by atoms with van der Waals surface area (Å²) in [6.07, 6.45) is 5.31. The van der Waals surface area contributed by atoms with E-state index in [4.69, 9.17) is 11.6 Å². The van der Waals surface area contributed by atoms with Crippen molar-refractivity contribution in [3.8, 4) is 0 Å². The van der Waals surface area contributed by atoms with Gasteiger partial charge in [0.05, 0.1) is 0 Å².